The van der Waals surface area contributed by atoms with E-state index in [-0.39, 0.29) is 35.8 Å². The van der Waals surface area contributed by atoms with Gasteiger partial charge >= 0.3 is 0 Å². The van der Waals surface area contributed by atoms with E-state index in [0.717, 1.165) is 58.1 Å². The maximum Gasteiger partial charge on any atom is 0.193 e. The van der Waals surface area contributed by atoms with Gasteiger partial charge in [-0.05, 0) is 44.5 Å². The maximum atomic E-state index is 14.6. The molecular formula is C20H31ClFIN4O. The van der Waals surface area contributed by atoms with Crippen LogP contribution in [0.15, 0.2) is 23.2 Å². The minimum absolute atomic E-state index is 0. The number of benzene rings is 1. The molecule has 158 valence electrons. The largest absolute Gasteiger partial charge is 0.381 e. The number of nitrogens with one attached hydrogen (secondary N) is 1. The summed E-state index contributed by atoms with van der Waals surface area (Å²) in [5.74, 6) is 1.11. The Morgan fingerprint density at radius 1 is 1.43 bits per heavy atom. The Hall–Kier alpha value is -0.640. The molecule has 1 N–H and O–H groups in total. The lowest BCUT2D eigenvalue weighted by atomic mass is 10.0. The van der Waals surface area contributed by atoms with Crippen molar-refractivity contribution in [2.24, 2.45) is 10.9 Å². The first kappa shape index (κ1) is 23.6. The monoisotopic (exact) mass is 524 g/mol. The third-order valence-electron chi connectivity index (χ3n) is 5.50. The lowest BCUT2D eigenvalue weighted by Gasteiger charge is -2.31. The molecule has 0 amide bonds. The van der Waals surface area contributed by atoms with E-state index in [0.29, 0.717) is 23.0 Å². The molecule has 2 atom stereocenters. The Bertz CT molecular complexity index is 631. The summed E-state index contributed by atoms with van der Waals surface area (Å²) in [6, 6.07) is 4.81. The number of rotatable bonds is 6. The molecule has 2 heterocycles. The molecule has 2 unspecified atom stereocenters. The molecule has 28 heavy (non-hydrogen) atoms. The normalized spacial score (nSPS) is 21.4. The fourth-order valence-corrected chi connectivity index (χ4v) is 4.36. The molecule has 0 spiro atoms. The van der Waals surface area contributed by atoms with E-state index in [1.165, 1.54) is 6.07 Å². The molecule has 0 bridgehead atoms. The maximum absolute atomic E-state index is 14.6. The number of guanidine groups is 1. The highest BCUT2D eigenvalue weighted by Crippen LogP contribution is 2.32. The van der Waals surface area contributed by atoms with Crippen LogP contribution in [0.5, 0.6) is 0 Å². The molecular weight excluding hydrogens is 494 g/mol. The van der Waals surface area contributed by atoms with Crippen molar-refractivity contribution in [3.05, 3.63) is 34.6 Å². The molecule has 2 saturated heterocycles. The standard InChI is InChI=1S/C20H30ClFN4O.HI/c1-23-20(25(2)13-15-8-11-27-14-15)24-12-18(26-9-3-4-10-26)19-16(21)6-5-7-17(19)22;/h5-7,15,18H,3-4,8-14H2,1-2H3,(H,23,24);1H. The SMILES string of the molecule is CN=C(NCC(c1c(F)cccc1Cl)N1CCCC1)N(C)CC1CCOC1.I. The van der Waals surface area contributed by atoms with Gasteiger partial charge in [0.15, 0.2) is 5.96 Å². The van der Waals surface area contributed by atoms with Crippen LogP contribution in [-0.2, 0) is 4.74 Å². The first-order valence-electron chi connectivity index (χ1n) is 9.77. The van der Waals surface area contributed by atoms with Gasteiger partial charge in [0, 0.05) is 50.3 Å². The van der Waals surface area contributed by atoms with E-state index in [4.69, 9.17) is 16.3 Å². The highest BCUT2D eigenvalue weighted by atomic mass is 127. The predicted octanol–water partition coefficient (Wildman–Crippen LogP) is 3.78. The van der Waals surface area contributed by atoms with Crippen LogP contribution in [0.4, 0.5) is 4.39 Å². The van der Waals surface area contributed by atoms with Gasteiger partial charge in [-0.3, -0.25) is 9.89 Å². The molecule has 5 nitrogen and oxygen atoms in total. The Balaban J connectivity index is 0.00000280. The second kappa shape index (κ2) is 11.5. The summed E-state index contributed by atoms with van der Waals surface area (Å²) in [5.41, 5.74) is 0.580. The average molecular weight is 525 g/mol. The van der Waals surface area contributed by atoms with Gasteiger partial charge in [-0.25, -0.2) is 4.39 Å². The molecule has 0 aliphatic carbocycles. The minimum Gasteiger partial charge on any atom is -0.381 e. The second-order valence-corrected chi connectivity index (χ2v) is 7.84. The summed E-state index contributed by atoms with van der Waals surface area (Å²) in [4.78, 5) is 8.86. The molecule has 0 saturated carbocycles. The average Bonchev–Trinajstić information content (AvgIpc) is 3.34. The summed E-state index contributed by atoms with van der Waals surface area (Å²) in [6.45, 7) is 5.04. The van der Waals surface area contributed by atoms with Gasteiger partial charge in [-0.1, -0.05) is 17.7 Å². The van der Waals surface area contributed by atoms with Gasteiger partial charge in [0.05, 0.1) is 12.6 Å². The van der Waals surface area contributed by atoms with Gasteiger partial charge in [-0.2, -0.15) is 0 Å². The molecule has 2 aliphatic heterocycles. The topological polar surface area (TPSA) is 40.1 Å². The minimum atomic E-state index is -0.243. The summed E-state index contributed by atoms with van der Waals surface area (Å²) < 4.78 is 20.1. The van der Waals surface area contributed by atoms with E-state index in [1.807, 2.05) is 7.05 Å². The lowest BCUT2D eigenvalue weighted by molar-refractivity contribution is 0.181. The molecule has 0 aromatic heterocycles. The fraction of sp³-hybridized carbons (Fsp3) is 0.650. The van der Waals surface area contributed by atoms with E-state index < -0.39 is 0 Å². The smallest absolute Gasteiger partial charge is 0.193 e. The van der Waals surface area contributed by atoms with Crippen molar-refractivity contribution in [1.29, 1.82) is 0 Å². The third kappa shape index (κ3) is 5.93. The van der Waals surface area contributed by atoms with Crippen LogP contribution in [0, 0.1) is 11.7 Å². The van der Waals surface area contributed by atoms with Crippen molar-refractivity contribution in [1.82, 2.24) is 15.1 Å². The quantitative estimate of drug-likeness (QED) is 0.349. The van der Waals surface area contributed by atoms with Crippen molar-refractivity contribution in [3.63, 3.8) is 0 Å². The van der Waals surface area contributed by atoms with Crippen LogP contribution in [0.25, 0.3) is 0 Å². The second-order valence-electron chi connectivity index (χ2n) is 7.43. The summed E-state index contributed by atoms with van der Waals surface area (Å²) in [6.07, 6.45) is 3.36. The van der Waals surface area contributed by atoms with Crippen LogP contribution >= 0.6 is 35.6 Å². The van der Waals surface area contributed by atoms with Crippen molar-refractivity contribution >= 4 is 41.5 Å². The van der Waals surface area contributed by atoms with Gasteiger partial charge in [0.25, 0.3) is 0 Å². The first-order valence-corrected chi connectivity index (χ1v) is 10.2. The van der Waals surface area contributed by atoms with Crippen LogP contribution < -0.4 is 5.32 Å². The van der Waals surface area contributed by atoms with Crippen LogP contribution in [0.2, 0.25) is 5.02 Å². The molecule has 1 aromatic carbocycles. The number of hydrogen-bond acceptors (Lipinski definition) is 3. The fourth-order valence-electron chi connectivity index (χ4n) is 4.07. The Kier molecular flexibility index (Phi) is 9.73. The molecule has 2 fully saturated rings. The number of hydrogen-bond donors (Lipinski definition) is 1. The van der Waals surface area contributed by atoms with Crippen LogP contribution in [0.3, 0.4) is 0 Å². The van der Waals surface area contributed by atoms with Crippen molar-refractivity contribution in [2.45, 2.75) is 25.3 Å². The first-order chi connectivity index (χ1) is 13.1. The molecule has 2 aliphatic rings. The van der Waals surface area contributed by atoms with Crippen LogP contribution in [-0.4, -0.2) is 69.2 Å². The highest BCUT2D eigenvalue weighted by molar-refractivity contribution is 14.0. The number of ether oxygens (including phenoxy) is 1. The Labute approximate surface area is 189 Å². The summed E-state index contributed by atoms with van der Waals surface area (Å²) in [7, 11) is 3.82. The molecule has 1 aromatic rings. The summed E-state index contributed by atoms with van der Waals surface area (Å²) in [5, 5.41) is 3.93. The van der Waals surface area contributed by atoms with Gasteiger partial charge in [0.1, 0.15) is 5.82 Å². The highest BCUT2D eigenvalue weighted by Gasteiger charge is 2.28. The zero-order valence-electron chi connectivity index (χ0n) is 16.7. The molecule has 8 heteroatoms. The van der Waals surface area contributed by atoms with Crippen molar-refractivity contribution < 1.29 is 9.13 Å². The van der Waals surface area contributed by atoms with Gasteiger partial charge in [-0.15, -0.1) is 24.0 Å². The zero-order chi connectivity index (χ0) is 19.2. The zero-order valence-corrected chi connectivity index (χ0v) is 19.8. The Morgan fingerprint density at radius 2 is 2.18 bits per heavy atom. The van der Waals surface area contributed by atoms with E-state index in [9.17, 15) is 4.39 Å². The van der Waals surface area contributed by atoms with Gasteiger partial charge < -0.3 is 15.0 Å². The summed E-state index contributed by atoms with van der Waals surface area (Å²) >= 11 is 6.38. The lowest BCUT2D eigenvalue weighted by Crippen LogP contribution is -2.45. The number of aliphatic imine (C=N–C) groups is 1. The number of halogens is 3. The number of nitrogens with zero attached hydrogens (tertiary/aromatic N) is 3. The third-order valence-corrected chi connectivity index (χ3v) is 5.83. The van der Waals surface area contributed by atoms with E-state index >= 15 is 0 Å². The molecule has 0 radical (unpaired) electrons. The van der Waals surface area contributed by atoms with Gasteiger partial charge in [0.2, 0.25) is 0 Å². The Morgan fingerprint density at radius 3 is 2.79 bits per heavy atom. The predicted molar refractivity (Wildman–Crippen MR) is 123 cm³/mol. The van der Waals surface area contributed by atoms with Crippen molar-refractivity contribution in [2.75, 3.05) is 53.5 Å². The van der Waals surface area contributed by atoms with E-state index in [2.05, 4.69) is 20.1 Å². The molecule has 3 rings (SSSR count). The number of likely N-dealkylation sites (tertiary alicyclic amines) is 1. The van der Waals surface area contributed by atoms with Crippen LogP contribution in [0.1, 0.15) is 30.9 Å². The van der Waals surface area contributed by atoms with Crippen molar-refractivity contribution in [3.8, 4) is 0 Å². The van der Waals surface area contributed by atoms with E-state index in [1.54, 1.807) is 19.2 Å².